The molecule has 31 heavy (non-hydrogen) atoms. The van der Waals surface area contributed by atoms with Gasteiger partial charge in [0.05, 0.1) is 15.2 Å². The molecule has 2 atom stereocenters. The molecule has 6 nitrogen and oxygen atoms in total. The summed E-state index contributed by atoms with van der Waals surface area (Å²) < 4.78 is 2.67. The number of nitrogens with two attached hydrogens (primary N) is 1. The monoisotopic (exact) mass is 500 g/mol. The largest absolute Gasteiger partial charge is 0.508 e. The van der Waals surface area contributed by atoms with Gasteiger partial charge in [-0.2, -0.15) is 10.5 Å². The first kappa shape index (κ1) is 21.5. The zero-order chi connectivity index (χ0) is 22.3. The van der Waals surface area contributed by atoms with Crippen LogP contribution in [0.5, 0.6) is 5.75 Å². The summed E-state index contributed by atoms with van der Waals surface area (Å²) in [5.74, 6) is 1.33. The number of halogens is 1. The highest BCUT2D eigenvalue weighted by Gasteiger charge is 2.34. The maximum Gasteiger partial charge on any atom is 0.188 e. The lowest BCUT2D eigenvalue weighted by molar-refractivity contribution is 0.465. The number of guanidine groups is 1. The Bertz CT molecular complexity index is 1250. The van der Waals surface area contributed by atoms with Gasteiger partial charge in [-0.3, -0.25) is 4.99 Å². The molecule has 1 aliphatic heterocycles. The summed E-state index contributed by atoms with van der Waals surface area (Å²) in [7, 11) is 3.66. The number of aromatic nitrogens is 1. The molecule has 0 amide bonds. The summed E-state index contributed by atoms with van der Waals surface area (Å²) in [6.07, 6.45) is 0. The standard InChI is InChI=1S/C23H25BrN4O2S/c1-13(29)19-20-15(10-27-23(25)26-2)22(30)16(24)9-17(20)28(3)21(19)18-12-31(18)11-14-7-5-4-6-8-14/h4-9,12,18,29-30H,1,10-11H2,2-3H3,(H3,25,26,27)/t18-,31?/m1/s1. The van der Waals surface area contributed by atoms with Crippen molar-refractivity contribution in [2.75, 3.05) is 7.05 Å². The zero-order valence-corrected chi connectivity index (χ0v) is 19.8. The number of aliphatic hydroxyl groups is 1. The summed E-state index contributed by atoms with van der Waals surface area (Å²) in [4.78, 5) is 3.92. The average Bonchev–Trinajstić information content (AvgIpc) is 3.44. The van der Waals surface area contributed by atoms with Gasteiger partial charge < -0.3 is 25.8 Å². The fraction of sp³-hybridized carbons (Fsp3) is 0.217. The Morgan fingerprint density at radius 2 is 2.06 bits per heavy atom. The van der Waals surface area contributed by atoms with Crippen LogP contribution in [0.4, 0.5) is 0 Å². The topological polar surface area (TPSA) is 95.8 Å². The molecule has 0 saturated carbocycles. The number of phenolic OH excluding ortho intramolecular Hbond substituents is 1. The first-order chi connectivity index (χ1) is 14.8. The first-order valence-corrected chi connectivity index (χ1v) is 12.1. The Balaban J connectivity index is 1.81. The van der Waals surface area contributed by atoms with Crippen molar-refractivity contribution in [1.82, 2.24) is 9.88 Å². The van der Waals surface area contributed by atoms with Gasteiger partial charge in [0.25, 0.3) is 0 Å². The predicted molar refractivity (Wildman–Crippen MR) is 135 cm³/mol. The second kappa shape index (κ2) is 8.43. The van der Waals surface area contributed by atoms with Crippen molar-refractivity contribution in [3.8, 4) is 5.75 Å². The number of hydrogen-bond donors (Lipinski definition) is 4. The van der Waals surface area contributed by atoms with Gasteiger partial charge in [-0.1, -0.05) is 36.9 Å². The Kier molecular flexibility index (Phi) is 5.85. The number of aromatic hydroxyl groups is 1. The molecular formula is C23H25BrN4O2S. The van der Waals surface area contributed by atoms with E-state index in [1.165, 1.54) is 5.56 Å². The highest BCUT2D eigenvalue weighted by atomic mass is 79.9. The van der Waals surface area contributed by atoms with Crippen LogP contribution in [-0.4, -0.2) is 33.2 Å². The van der Waals surface area contributed by atoms with Crippen LogP contribution in [0.3, 0.4) is 0 Å². The summed E-state index contributed by atoms with van der Waals surface area (Å²) in [5, 5.41) is 27.7. The minimum Gasteiger partial charge on any atom is -0.508 e. The molecule has 0 aliphatic carbocycles. The van der Waals surface area contributed by atoms with Crippen LogP contribution in [0.15, 0.2) is 52.4 Å². The van der Waals surface area contributed by atoms with Gasteiger partial charge in [-0.25, -0.2) is 0 Å². The third-order valence-corrected chi connectivity index (χ3v) is 8.12. The van der Waals surface area contributed by atoms with Gasteiger partial charge in [-0.05, 0) is 32.9 Å². The summed E-state index contributed by atoms with van der Waals surface area (Å²) in [5.41, 5.74) is 10.3. The fourth-order valence-corrected chi connectivity index (χ4v) is 6.43. The molecule has 4 rings (SSSR count). The lowest BCUT2D eigenvalue weighted by Crippen LogP contribution is -2.30. The summed E-state index contributed by atoms with van der Waals surface area (Å²) >= 11 is 3.46. The number of rotatable bonds is 6. The molecule has 0 spiro atoms. The molecule has 8 heteroatoms. The number of benzene rings is 2. The molecule has 5 N–H and O–H groups in total. The van der Waals surface area contributed by atoms with Crippen LogP contribution in [0.25, 0.3) is 16.7 Å². The van der Waals surface area contributed by atoms with Crippen LogP contribution >= 0.6 is 26.4 Å². The third-order valence-electron chi connectivity index (χ3n) is 5.53. The molecule has 2 heterocycles. The highest BCUT2D eigenvalue weighted by molar-refractivity contribution is 9.10. The SMILES string of the molecule is C=C(O)c1c([C@H]2C=S2Cc2ccccc2)n(C)c2cc(Br)c(O)c(CNC(N)=NC)c12. The molecule has 0 saturated heterocycles. The smallest absolute Gasteiger partial charge is 0.188 e. The van der Waals surface area contributed by atoms with E-state index in [0.29, 0.717) is 15.6 Å². The van der Waals surface area contributed by atoms with Crippen molar-refractivity contribution in [3.63, 3.8) is 0 Å². The number of nitrogens with zero attached hydrogens (tertiary/aromatic N) is 2. The fourth-order valence-electron chi connectivity index (χ4n) is 3.94. The number of aliphatic imine (C=N–C) groups is 1. The van der Waals surface area contributed by atoms with Crippen molar-refractivity contribution < 1.29 is 10.2 Å². The van der Waals surface area contributed by atoms with Crippen molar-refractivity contribution in [1.29, 1.82) is 0 Å². The summed E-state index contributed by atoms with van der Waals surface area (Å²) in [6, 6.07) is 12.3. The number of nitrogens with one attached hydrogen (secondary N) is 1. The van der Waals surface area contributed by atoms with E-state index in [2.05, 4.69) is 67.0 Å². The molecule has 0 bridgehead atoms. The number of phenols is 1. The van der Waals surface area contributed by atoms with Gasteiger partial charge in [0.2, 0.25) is 0 Å². The van der Waals surface area contributed by atoms with E-state index >= 15 is 0 Å². The number of fused-ring (bicyclic) bond motifs is 1. The average molecular weight is 501 g/mol. The summed E-state index contributed by atoms with van der Waals surface area (Å²) in [6.45, 7) is 4.11. The van der Waals surface area contributed by atoms with E-state index in [1.807, 2.05) is 19.2 Å². The number of aliphatic hydroxyl groups excluding tert-OH is 1. The lowest BCUT2D eigenvalue weighted by Gasteiger charge is -2.12. The molecule has 2 aromatic carbocycles. The number of hydrogen-bond acceptors (Lipinski definition) is 3. The molecule has 1 aliphatic rings. The van der Waals surface area contributed by atoms with Crippen LogP contribution in [0.2, 0.25) is 0 Å². The Hall–Kier alpha value is -2.71. The molecule has 0 radical (unpaired) electrons. The molecule has 3 aromatic rings. The van der Waals surface area contributed by atoms with E-state index in [1.54, 1.807) is 7.05 Å². The highest BCUT2D eigenvalue weighted by Crippen LogP contribution is 2.53. The zero-order valence-electron chi connectivity index (χ0n) is 17.4. The van der Waals surface area contributed by atoms with Gasteiger partial charge in [0.1, 0.15) is 11.5 Å². The van der Waals surface area contributed by atoms with Crippen LogP contribution in [0, 0.1) is 0 Å². The molecule has 1 aromatic heterocycles. The Morgan fingerprint density at radius 3 is 2.71 bits per heavy atom. The van der Waals surface area contributed by atoms with Crippen LogP contribution in [-0.2, 0) is 19.3 Å². The van der Waals surface area contributed by atoms with Gasteiger partial charge in [-0.15, -0.1) is 0 Å². The van der Waals surface area contributed by atoms with Gasteiger partial charge >= 0.3 is 0 Å². The molecule has 162 valence electrons. The maximum atomic E-state index is 10.8. The maximum absolute atomic E-state index is 10.8. The first-order valence-electron chi connectivity index (χ1n) is 9.77. The quantitative estimate of drug-likeness (QED) is 0.173. The molecular weight excluding hydrogens is 476 g/mol. The minimum absolute atomic E-state index is 0.00994. The second-order valence-corrected chi connectivity index (χ2v) is 10.3. The normalized spacial score (nSPS) is 18.1. The van der Waals surface area contributed by atoms with Crippen molar-refractivity contribution >= 4 is 54.4 Å². The minimum atomic E-state index is -0.00994. The van der Waals surface area contributed by atoms with Crippen molar-refractivity contribution in [2.24, 2.45) is 17.8 Å². The second-order valence-electron chi connectivity index (χ2n) is 7.46. The van der Waals surface area contributed by atoms with E-state index in [9.17, 15) is 10.2 Å². The van der Waals surface area contributed by atoms with Gasteiger partial charge in [0.15, 0.2) is 5.96 Å². The van der Waals surface area contributed by atoms with E-state index < -0.39 is 0 Å². The van der Waals surface area contributed by atoms with Gasteiger partial charge in [0, 0.05) is 48.6 Å². The molecule has 0 fully saturated rings. The lowest BCUT2D eigenvalue weighted by atomic mass is 10.0. The van der Waals surface area contributed by atoms with Crippen molar-refractivity contribution in [3.05, 3.63) is 69.8 Å². The predicted octanol–water partition coefficient (Wildman–Crippen LogP) is 4.54. The Morgan fingerprint density at radius 1 is 1.35 bits per heavy atom. The van der Waals surface area contributed by atoms with Crippen molar-refractivity contribution in [2.45, 2.75) is 17.5 Å². The van der Waals surface area contributed by atoms with Crippen LogP contribution in [0.1, 0.15) is 27.6 Å². The van der Waals surface area contributed by atoms with E-state index in [-0.39, 0.29) is 39.7 Å². The van der Waals surface area contributed by atoms with E-state index in [0.717, 1.165) is 22.3 Å². The third kappa shape index (κ3) is 3.97. The number of aryl methyl sites for hydroxylation is 1. The van der Waals surface area contributed by atoms with Crippen LogP contribution < -0.4 is 11.1 Å². The Labute approximate surface area is 192 Å². The van der Waals surface area contributed by atoms with E-state index in [4.69, 9.17) is 5.73 Å². The molecule has 1 unspecified atom stereocenters.